The molecule has 0 radical (unpaired) electrons. The van der Waals surface area contributed by atoms with Crippen molar-refractivity contribution < 1.29 is 19.0 Å². The van der Waals surface area contributed by atoms with E-state index in [0.29, 0.717) is 23.2 Å². The van der Waals surface area contributed by atoms with Crippen LogP contribution in [-0.2, 0) is 4.79 Å². The number of carbonyl (C=O) groups is 1. The van der Waals surface area contributed by atoms with E-state index < -0.39 is 0 Å². The van der Waals surface area contributed by atoms with Crippen LogP contribution in [0.15, 0.2) is 42.5 Å². The summed E-state index contributed by atoms with van der Waals surface area (Å²) in [7, 11) is 3.21. The summed E-state index contributed by atoms with van der Waals surface area (Å²) >= 11 is 0. The number of rotatable bonds is 8. The SMILES string of the molecule is COc1ccc(OC)c(C(C)NC(=O)COc2ccc(C(C)C)cc2)c1. The van der Waals surface area contributed by atoms with E-state index >= 15 is 0 Å². The first-order valence-corrected chi connectivity index (χ1v) is 8.68. The Morgan fingerprint density at radius 3 is 2.19 bits per heavy atom. The molecule has 0 fully saturated rings. The molecular weight excluding hydrogens is 330 g/mol. The van der Waals surface area contributed by atoms with Gasteiger partial charge in [-0.25, -0.2) is 0 Å². The highest BCUT2D eigenvalue weighted by molar-refractivity contribution is 5.78. The van der Waals surface area contributed by atoms with Crippen LogP contribution in [0.5, 0.6) is 17.2 Å². The zero-order chi connectivity index (χ0) is 19.1. The highest BCUT2D eigenvalue weighted by Crippen LogP contribution is 2.29. The van der Waals surface area contributed by atoms with E-state index in [1.54, 1.807) is 14.2 Å². The minimum absolute atomic E-state index is 0.0440. The number of hydrogen-bond acceptors (Lipinski definition) is 4. The Labute approximate surface area is 155 Å². The maximum Gasteiger partial charge on any atom is 0.258 e. The van der Waals surface area contributed by atoms with Gasteiger partial charge in [-0.05, 0) is 48.7 Å². The fraction of sp³-hybridized carbons (Fsp3) is 0.381. The smallest absolute Gasteiger partial charge is 0.258 e. The molecule has 26 heavy (non-hydrogen) atoms. The molecule has 0 saturated heterocycles. The van der Waals surface area contributed by atoms with Gasteiger partial charge in [-0.15, -0.1) is 0 Å². The topological polar surface area (TPSA) is 56.8 Å². The van der Waals surface area contributed by atoms with E-state index in [1.807, 2.05) is 49.4 Å². The van der Waals surface area contributed by atoms with Gasteiger partial charge in [0, 0.05) is 5.56 Å². The first-order valence-electron chi connectivity index (χ1n) is 8.68. The van der Waals surface area contributed by atoms with Crippen molar-refractivity contribution in [1.29, 1.82) is 0 Å². The Bertz CT molecular complexity index is 725. The summed E-state index contributed by atoms with van der Waals surface area (Å²) in [6.45, 7) is 6.12. The summed E-state index contributed by atoms with van der Waals surface area (Å²) in [5, 5.41) is 2.92. The fourth-order valence-corrected chi connectivity index (χ4v) is 2.64. The zero-order valence-corrected chi connectivity index (χ0v) is 16.0. The van der Waals surface area contributed by atoms with Gasteiger partial charge in [0.1, 0.15) is 17.2 Å². The van der Waals surface area contributed by atoms with Crippen LogP contribution in [-0.4, -0.2) is 26.7 Å². The van der Waals surface area contributed by atoms with Crippen LogP contribution in [0.3, 0.4) is 0 Å². The molecule has 2 aromatic carbocycles. The molecule has 5 nitrogen and oxygen atoms in total. The molecule has 0 bridgehead atoms. The quantitative estimate of drug-likeness (QED) is 0.773. The first-order chi connectivity index (χ1) is 12.4. The third-order valence-corrected chi connectivity index (χ3v) is 4.20. The summed E-state index contributed by atoms with van der Waals surface area (Å²) in [4.78, 5) is 12.2. The van der Waals surface area contributed by atoms with Crippen LogP contribution < -0.4 is 19.5 Å². The monoisotopic (exact) mass is 357 g/mol. The van der Waals surface area contributed by atoms with Crippen LogP contribution in [0, 0.1) is 0 Å². The van der Waals surface area contributed by atoms with E-state index in [9.17, 15) is 4.79 Å². The number of nitrogens with one attached hydrogen (secondary N) is 1. The number of benzene rings is 2. The Balaban J connectivity index is 1.94. The second-order valence-electron chi connectivity index (χ2n) is 6.41. The van der Waals surface area contributed by atoms with E-state index in [0.717, 1.165) is 5.56 Å². The van der Waals surface area contributed by atoms with E-state index in [1.165, 1.54) is 5.56 Å². The lowest BCUT2D eigenvalue weighted by Gasteiger charge is -2.18. The lowest BCUT2D eigenvalue weighted by Crippen LogP contribution is -2.31. The summed E-state index contributed by atoms with van der Waals surface area (Å²) in [6.07, 6.45) is 0. The first kappa shape index (κ1) is 19.6. The molecule has 140 valence electrons. The highest BCUT2D eigenvalue weighted by Gasteiger charge is 2.15. The van der Waals surface area contributed by atoms with Gasteiger partial charge in [0.05, 0.1) is 20.3 Å². The Hall–Kier alpha value is -2.69. The van der Waals surface area contributed by atoms with Crippen LogP contribution in [0.25, 0.3) is 0 Å². The van der Waals surface area contributed by atoms with Gasteiger partial charge in [-0.3, -0.25) is 4.79 Å². The van der Waals surface area contributed by atoms with Crippen LogP contribution >= 0.6 is 0 Å². The molecule has 0 aliphatic rings. The predicted octanol–water partition coefficient (Wildman–Crippen LogP) is 4.08. The summed E-state index contributed by atoms with van der Waals surface area (Å²) in [5.74, 6) is 2.35. The summed E-state index contributed by atoms with van der Waals surface area (Å²) in [6, 6.07) is 13.1. The van der Waals surface area contributed by atoms with Gasteiger partial charge in [0.15, 0.2) is 6.61 Å². The molecule has 0 aromatic heterocycles. The molecule has 0 saturated carbocycles. The molecule has 1 N–H and O–H groups in total. The molecule has 0 aliphatic heterocycles. The molecule has 2 aromatic rings. The molecule has 0 spiro atoms. The molecule has 1 unspecified atom stereocenters. The second-order valence-corrected chi connectivity index (χ2v) is 6.41. The van der Waals surface area contributed by atoms with E-state index in [2.05, 4.69) is 19.2 Å². The van der Waals surface area contributed by atoms with Crippen molar-refractivity contribution in [2.45, 2.75) is 32.7 Å². The third-order valence-electron chi connectivity index (χ3n) is 4.20. The molecule has 0 aliphatic carbocycles. The molecule has 0 heterocycles. The molecule has 1 amide bonds. The normalized spacial score (nSPS) is 11.8. The molecule has 5 heteroatoms. The van der Waals surface area contributed by atoms with Crippen molar-refractivity contribution >= 4 is 5.91 Å². The van der Waals surface area contributed by atoms with Gasteiger partial charge in [0.25, 0.3) is 5.91 Å². The number of carbonyl (C=O) groups excluding carboxylic acids is 1. The standard InChI is InChI=1S/C21H27NO4/c1-14(2)16-6-8-17(9-7-16)26-13-21(23)22-15(3)19-12-18(24-4)10-11-20(19)25-5/h6-12,14-15H,13H2,1-5H3,(H,22,23). The number of amides is 1. The van der Waals surface area contributed by atoms with Gasteiger partial charge >= 0.3 is 0 Å². The van der Waals surface area contributed by atoms with Crippen molar-refractivity contribution in [2.75, 3.05) is 20.8 Å². The Morgan fingerprint density at radius 1 is 0.962 bits per heavy atom. The van der Waals surface area contributed by atoms with Gasteiger partial charge in [-0.1, -0.05) is 26.0 Å². The Kier molecular flexibility index (Phi) is 6.89. The van der Waals surface area contributed by atoms with Crippen molar-refractivity contribution in [1.82, 2.24) is 5.32 Å². The molecule has 1 atom stereocenters. The van der Waals surface area contributed by atoms with Crippen molar-refractivity contribution in [3.05, 3.63) is 53.6 Å². The largest absolute Gasteiger partial charge is 0.497 e. The maximum atomic E-state index is 12.2. The van der Waals surface area contributed by atoms with Crippen molar-refractivity contribution in [3.8, 4) is 17.2 Å². The maximum absolute atomic E-state index is 12.2. The highest BCUT2D eigenvalue weighted by atomic mass is 16.5. The second kappa shape index (κ2) is 9.13. The van der Waals surface area contributed by atoms with Crippen LogP contribution in [0.4, 0.5) is 0 Å². The number of hydrogen-bond donors (Lipinski definition) is 1. The zero-order valence-electron chi connectivity index (χ0n) is 16.0. The summed E-state index contributed by atoms with van der Waals surface area (Å²) < 4.78 is 16.2. The minimum Gasteiger partial charge on any atom is -0.497 e. The van der Waals surface area contributed by atoms with Gasteiger partial charge < -0.3 is 19.5 Å². The Morgan fingerprint density at radius 2 is 1.62 bits per heavy atom. The molecular formula is C21H27NO4. The lowest BCUT2D eigenvalue weighted by molar-refractivity contribution is -0.123. The fourth-order valence-electron chi connectivity index (χ4n) is 2.64. The lowest BCUT2D eigenvalue weighted by atomic mass is 10.0. The number of ether oxygens (including phenoxy) is 3. The van der Waals surface area contributed by atoms with Gasteiger partial charge in [0.2, 0.25) is 0 Å². The molecule has 2 rings (SSSR count). The average molecular weight is 357 g/mol. The predicted molar refractivity (Wildman–Crippen MR) is 102 cm³/mol. The number of methoxy groups -OCH3 is 2. The average Bonchev–Trinajstić information content (AvgIpc) is 2.66. The summed E-state index contributed by atoms with van der Waals surface area (Å²) in [5.41, 5.74) is 2.09. The van der Waals surface area contributed by atoms with Crippen molar-refractivity contribution in [3.63, 3.8) is 0 Å². The van der Waals surface area contributed by atoms with E-state index in [4.69, 9.17) is 14.2 Å². The third kappa shape index (κ3) is 5.15. The van der Waals surface area contributed by atoms with Crippen LogP contribution in [0.1, 0.15) is 43.9 Å². The van der Waals surface area contributed by atoms with E-state index in [-0.39, 0.29) is 18.6 Å². The van der Waals surface area contributed by atoms with Crippen molar-refractivity contribution in [2.24, 2.45) is 0 Å². The van der Waals surface area contributed by atoms with Gasteiger partial charge in [-0.2, -0.15) is 0 Å². The minimum atomic E-state index is -0.237. The van der Waals surface area contributed by atoms with Crippen LogP contribution in [0.2, 0.25) is 0 Å².